The molecular formula is C8H15BO4. The molecule has 1 fully saturated rings. The number of esters is 1. The Hall–Kier alpha value is -0.545. The highest BCUT2D eigenvalue weighted by molar-refractivity contribution is 6.11. The van der Waals surface area contributed by atoms with Crippen molar-refractivity contribution in [1.29, 1.82) is 0 Å². The van der Waals surface area contributed by atoms with Crippen LogP contribution in [-0.4, -0.2) is 43.7 Å². The maximum absolute atomic E-state index is 10.8. The minimum Gasteiger partial charge on any atom is -0.459 e. The van der Waals surface area contributed by atoms with Crippen molar-refractivity contribution in [2.45, 2.75) is 32.1 Å². The topological polar surface area (TPSA) is 55.8 Å². The van der Waals surface area contributed by atoms with Crippen LogP contribution in [0.3, 0.4) is 0 Å². The van der Waals surface area contributed by atoms with Crippen LogP contribution in [0.25, 0.3) is 0 Å². The van der Waals surface area contributed by atoms with E-state index in [1.165, 1.54) is 6.92 Å². The highest BCUT2D eigenvalue weighted by atomic mass is 16.6. The standard InChI is InChI=1S/C8H15BO4/c1-4-7(12-5(2)11)6(3-10)13-8(4)9/h4,6-8,10H,3,9H2,1-2H3/t4?,6-,7+,8-/m1/s1. The SMILES string of the molecule is B[C@@H]1O[C@H](CO)[C@@H](OC(C)=O)C1C. The Morgan fingerprint density at radius 3 is 2.77 bits per heavy atom. The Morgan fingerprint density at radius 1 is 1.69 bits per heavy atom. The van der Waals surface area contributed by atoms with Crippen molar-refractivity contribution in [3.63, 3.8) is 0 Å². The average Bonchev–Trinajstić information content (AvgIpc) is 2.31. The Balaban J connectivity index is 2.62. The summed E-state index contributed by atoms with van der Waals surface area (Å²) >= 11 is 0. The lowest BCUT2D eigenvalue weighted by Gasteiger charge is -2.19. The molecule has 1 heterocycles. The Labute approximate surface area is 78.6 Å². The second kappa shape index (κ2) is 4.11. The molecule has 1 saturated heterocycles. The molecule has 74 valence electrons. The minimum absolute atomic E-state index is 0.0292. The predicted octanol–water partition coefficient (Wildman–Crippen LogP) is -1.10. The van der Waals surface area contributed by atoms with Crippen LogP contribution >= 0.6 is 0 Å². The molecule has 1 N–H and O–H groups in total. The summed E-state index contributed by atoms with van der Waals surface area (Å²) in [7, 11) is 1.91. The molecule has 1 aliphatic heterocycles. The predicted molar refractivity (Wildman–Crippen MR) is 49.0 cm³/mol. The number of hydrogen-bond donors (Lipinski definition) is 1. The average molecular weight is 186 g/mol. The lowest BCUT2D eigenvalue weighted by Crippen LogP contribution is -2.33. The highest BCUT2D eigenvalue weighted by Gasteiger charge is 2.41. The molecule has 0 amide bonds. The smallest absolute Gasteiger partial charge is 0.303 e. The van der Waals surface area contributed by atoms with Gasteiger partial charge in [0.2, 0.25) is 0 Å². The Morgan fingerprint density at radius 2 is 2.31 bits per heavy atom. The zero-order chi connectivity index (χ0) is 10.0. The first-order valence-electron chi connectivity index (χ1n) is 4.49. The first-order valence-corrected chi connectivity index (χ1v) is 4.49. The summed E-state index contributed by atoms with van der Waals surface area (Å²) in [6, 6.07) is 0.0292. The van der Waals surface area contributed by atoms with E-state index in [0.717, 1.165) is 0 Å². The van der Waals surface area contributed by atoms with Gasteiger partial charge in [-0.3, -0.25) is 4.79 Å². The van der Waals surface area contributed by atoms with Crippen LogP contribution in [0.5, 0.6) is 0 Å². The number of hydrogen-bond acceptors (Lipinski definition) is 4. The molecular weight excluding hydrogens is 171 g/mol. The van der Waals surface area contributed by atoms with E-state index in [0.29, 0.717) is 0 Å². The van der Waals surface area contributed by atoms with Crippen LogP contribution in [0.4, 0.5) is 0 Å². The molecule has 1 aliphatic rings. The molecule has 13 heavy (non-hydrogen) atoms. The first kappa shape index (κ1) is 10.5. The lowest BCUT2D eigenvalue weighted by molar-refractivity contribution is -0.151. The van der Waals surface area contributed by atoms with Gasteiger partial charge >= 0.3 is 5.97 Å². The quantitative estimate of drug-likeness (QED) is 0.439. The van der Waals surface area contributed by atoms with Crippen molar-refractivity contribution >= 4 is 13.8 Å². The summed E-state index contributed by atoms with van der Waals surface area (Å²) in [5.41, 5.74) is 0. The number of carbonyl (C=O) groups excluding carboxylic acids is 1. The van der Waals surface area contributed by atoms with Gasteiger partial charge in [0.15, 0.2) is 0 Å². The van der Waals surface area contributed by atoms with Crippen LogP contribution in [0.2, 0.25) is 0 Å². The summed E-state index contributed by atoms with van der Waals surface area (Å²) in [6.07, 6.45) is -0.675. The number of aliphatic hydroxyl groups excluding tert-OH is 1. The molecule has 0 spiro atoms. The van der Waals surface area contributed by atoms with Crippen molar-refractivity contribution in [2.75, 3.05) is 6.61 Å². The zero-order valence-electron chi connectivity index (χ0n) is 8.19. The highest BCUT2D eigenvalue weighted by Crippen LogP contribution is 2.27. The van der Waals surface area contributed by atoms with E-state index in [2.05, 4.69) is 0 Å². The van der Waals surface area contributed by atoms with E-state index in [1.54, 1.807) is 0 Å². The summed E-state index contributed by atoms with van der Waals surface area (Å²) in [5, 5.41) is 8.97. The second-order valence-corrected chi connectivity index (χ2v) is 3.50. The third-order valence-electron chi connectivity index (χ3n) is 2.50. The summed E-state index contributed by atoms with van der Waals surface area (Å²) in [6.45, 7) is 3.21. The van der Waals surface area contributed by atoms with Crippen LogP contribution in [0.1, 0.15) is 13.8 Å². The summed E-state index contributed by atoms with van der Waals surface area (Å²) in [5.74, 6) is -0.186. The second-order valence-electron chi connectivity index (χ2n) is 3.50. The van der Waals surface area contributed by atoms with Crippen LogP contribution in [-0.2, 0) is 14.3 Å². The molecule has 5 heteroatoms. The van der Waals surface area contributed by atoms with Gasteiger partial charge in [-0.15, -0.1) is 0 Å². The van der Waals surface area contributed by atoms with Gasteiger partial charge in [0, 0.05) is 18.8 Å². The molecule has 0 aliphatic carbocycles. The Kier molecular flexibility index (Phi) is 3.33. The van der Waals surface area contributed by atoms with Crippen molar-refractivity contribution < 1.29 is 19.4 Å². The van der Waals surface area contributed by atoms with E-state index >= 15 is 0 Å². The maximum Gasteiger partial charge on any atom is 0.303 e. The zero-order valence-corrected chi connectivity index (χ0v) is 8.19. The molecule has 0 aromatic carbocycles. The normalized spacial score (nSPS) is 39.0. The van der Waals surface area contributed by atoms with Gasteiger partial charge in [0.05, 0.1) is 6.61 Å². The molecule has 0 aromatic heterocycles. The van der Waals surface area contributed by atoms with E-state index in [-0.39, 0.29) is 36.7 Å². The van der Waals surface area contributed by atoms with Gasteiger partial charge in [-0.05, 0) is 0 Å². The van der Waals surface area contributed by atoms with Gasteiger partial charge < -0.3 is 14.6 Å². The molecule has 0 bridgehead atoms. The van der Waals surface area contributed by atoms with Crippen molar-refractivity contribution in [2.24, 2.45) is 5.92 Å². The van der Waals surface area contributed by atoms with Gasteiger partial charge in [-0.1, -0.05) is 6.92 Å². The van der Waals surface area contributed by atoms with E-state index in [1.807, 2.05) is 14.8 Å². The lowest BCUT2D eigenvalue weighted by atomic mass is 9.86. The minimum atomic E-state index is -0.367. The Bertz CT molecular complexity index is 197. The third kappa shape index (κ3) is 2.22. The van der Waals surface area contributed by atoms with Gasteiger partial charge in [-0.25, -0.2) is 0 Å². The van der Waals surface area contributed by atoms with Gasteiger partial charge in [0.25, 0.3) is 0 Å². The molecule has 0 saturated carbocycles. The van der Waals surface area contributed by atoms with E-state index < -0.39 is 0 Å². The van der Waals surface area contributed by atoms with Crippen molar-refractivity contribution in [3.05, 3.63) is 0 Å². The van der Waals surface area contributed by atoms with Crippen LogP contribution in [0, 0.1) is 5.92 Å². The summed E-state index contributed by atoms with van der Waals surface area (Å²) in [4.78, 5) is 10.8. The van der Waals surface area contributed by atoms with Crippen LogP contribution in [0.15, 0.2) is 0 Å². The fourth-order valence-electron chi connectivity index (χ4n) is 1.60. The maximum atomic E-state index is 10.8. The molecule has 1 unspecified atom stereocenters. The third-order valence-corrected chi connectivity index (χ3v) is 2.50. The first-order chi connectivity index (χ1) is 6.06. The van der Waals surface area contributed by atoms with Crippen LogP contribution < -0.4 is 0 Å². The number of rotatable bonds is 2. The summed E-state index contributed by atoms with van der Waals surface area (Å²) < 4.78 is 10.5. The molecule has 4 nitrogen and oxygen atoms in total. The van der Waals surface area contributed by atoms with Gasteiger partial charge in [-0.2, -0.15) is 0 Å². The molecule has 0 radical (unpaired) electrons. The van der Waals surface area contributed by atoms with Crippen molar-refractivity contribution in [3.8, 4) is 0 Å². The largest absolute Gasteiger partial charge is 0.459 e. The fourth-order valence-corrected chi connectivity index (χ4v) is 1.60. The monoisotopic (exact) mass is 186 g/mol. The van der Waals surface area contributed by atoms with Gasteiger partial charge in [0.1, 0.15) is 20.1 Å². The van der Waals surface area contributed by atoms with E-state index in [4.69, 9.17) is 14.6 Å². The number of ether oxygens (including phenoxy) is 2. The molecule has 0 aromatic rings. The fraction of sp³-hybridized carbons (Fsp3) is 0.875. The number of carbonyl (C=O) groups is 1. The van der Waals surface area contributed by atoms with Crippen molar-refractivity contribution in [1.82, 2.24) is 0 Å². The number of aliphatic hydroxyl groups is 1. The molecule has 1 rings (SSSR count). The molecule has 4 atom stereocenters. The van der Waals surface area contributed by atoms with E-state index in [9.17, 15) is 4.79 Å².